The number of nitrogens with two attached hydrogens (primary N) is 1. The van der Waals surface area contributed by atoms with Crippen LogP contribution in [0, 0.1) is 0 Å². The minimum atomic E-state index is -0.431. The second kappa shape index (κ2) is 6.83. The number of carbonyl (C=O) groups excluding carboxylic acids is 2. The van der Waals surface area contributed by atoms with Gasteiger partial charge in [0.2, 0.25) is 11.8 Å². The number of anilines is 1. The monoisotopic (exact) mass is 340 g/mol. The molecule has 7 heteroatoms. The summed E-state index contributed by atoms with van der Waals surface area (Å²) in [6.07, 6.45) is 0. The van der Waals surface area contributed by atoms with Crippen molar-refractivity contribution in [3.8, 4) is 0 Å². The minimum absolute atomic E-state index is 0.152. The van der Waals surface area contributed by atoms with Gasteiger partial charge in [-0.2, -0.15) is 0 Å². The smallest absolute Gasteiger partial charge is 0.238 e. The zero-order valence-electron chi connectivity index (χ0n) is 10.9. The first-order chi connectivity index (χ1) is 9.56. The van der Waals surface area contributed by atoms with E-state index in [0.29, 0.717) is 13.1 Å². The second-order valence-corrected chi connectivity index (χ2v) is 5.56. The van der Waals surface area contributed by atoms with Gasteiger partial charge in [0.25, 0.3) is 0 Å². The number of piperazine rings is 1. The molecule has 1 aliphatic heterocycles. The van der Waals surface area contributed by atoms with Crippen molar-refractivity contribution in [1.82, 2.24) is 10.2 Å². The molecule has 0 radical (unpaired) electrons. The molecule has 6 nitrogen and oxygen atoms in total. The van der Waals surface area contributed by atoms with E-state index in [1.807, 2.05) is 24.3 Å². The molecule has 0 saturated carbocycles. The summed E-state index contributed by atoms with van der Waals surface area (Å²) in [6, 6.07) is 6.90. The molecule has 0 spiro atoms. The number of hydrogen-bond acceptors (Lipinski definition) is 4. The van der Waals surface area contributed by atoms with E-state index in [2.05, 4.69) is 26.6 Å². The first-order valence-electron chi connectivity index (χ1n) is 6.36. The highest BCUT2D eigenvalue weighted by Gasteiger charge is 2.28. The van der Waals surface area contributed by atoms with Gasteiger partial charge in [0.1, 0.15) is 6.04 Å². The van der Waals surface area contributed by atoms with Crippen LogP contribution in [0.25, 0.3) is 0 Å². The van der Waals surface area contributed by atoms with Crippen molar-refractivity contribution in [2.24, 2.45) is 5.73 Å². The van der Waals surface area contributed by atoms with Crippen molar-refractivity contribution in [1.29, 1.82) is 0 Å². The van der Waals surface area contributed by atoms with Crippen LogP contribution in [0.5, 0.6) is 0 Å². The summed E-state index contributed by atoms with van der Waals surface area (Å²) in [5.74, 6) is -0.561. The number of primary amides is 1. The second-order valence-electron chi connectivity index (χ2n) is 4.65. The third-order valence-corrected chi connectivity index (χ3v) is 3.69. The van der Waals surface area contributed by atoms with E-state index in [4.69, 9.17) is 5.73 Å². The normalized spacial score (nSPS) is 19.6. The zero-order chi connectivity index (χ0) is 14.5. The summed E-state index contributed by atoms with van der Waals surface area (Å²) in [7, 11) is 0. The molecule has 1 fully saturated rings. The Labute approximate surface area is 125 Å². The third-order valence-electron chi connectivity index (χ3n) is 3.16. The van der Waals surface area contributed by atoms with Crippen LogP contribution in [-0.4, -0.2) is 48.9 Å². The van der Waals surface area contributed by atoms with E-state index in [1.165, 1.54) is 0 Å². The lowest BCUT2D eigenvalue weighted by Gasteiger charge is -2.33. The summed E-state index contributed by atoms with van der Waals surface area (Å²) >= 11 is 3.34. The number of hydrogen-bond donors (Lipinski definition) is 3. The minimum Gasteiger partial charge on any atom is -0.368 e. The van der Waals surface area contributed by atoms with E-state index < -0.39 is 11.9 Å². The lowest BCUT2D eigenvalue weighted by atomic mass is 10.2. The quantitative estimate of drug-likeness (QED) is 0.727. The van der Waals surface area contributed by atoms with Crippen molar-refractivity contribution in [2.45, 2.75) is 6.04 Å². The number of nitrogens with zero attached hydrogens (tertiary/aromatic N) is 1. The predicted octanol–water partition coefficient (Wildman–Crippen LogP) is 0.147. The molecule has 0 aliphatic carbocycles. The SMILES string of the molecule is NC(=O)C1CNCCN1CC(=O)Nc1ccc(Br)cc1. The van der Waals surface area contributed by atoms with Crippen molar-refractivity contribution in [2.75, 3.05) is 31.5 Å². The van der Waals surface area contributed by atoms with Crippen molar-refractivity contribution in [3.63, 3.8) is 0 Å². The average Bonchev–Trinajstić information content (AvgIpc) is 2.41. The van der Waals surface area contributed by atoms with Crippen LogP contribution in [-0.2, 0) is 9.59 Å². The van der Waals surface area contributed by atoms with Crippen LogP contribution >= 0.6 is 15.9 Å². The van der Waals surface area contributed by atoms with Gasteiger partial charge in [-0.25, -0.2) is 0 Å². The largest absolute Gasteiger partial charge is 0.368 e. The molecule has 1 aromatic rings. The van der Waals surface area contributed by atoms with E-state index in [1.54, 1.807) is 4.90 Å². The average molecular weight is 341 g/mol. The van der Waals surface area contributed by atoms with Gasteiger partial charge in [0.05, 0.1) is 6.54 Å². The topological polar surface area (TPSA) is 87.5 Å². The molecule has 1 saturated heterocycles. The predicted molar refractivity (Wildman–Crippen MR) is 80.2 cm³/mol. The molecule has 0 aromatic heterocycles. The Morgan fingerprint density at radius 1 is 1.40 bits per heavy atom. The first-order valence-corrected chi connectivity index (χ1v) is 7.15. The van der Waals surface area contributed by atoms with Crippen LogP contribution in [0.4, 0.5) is 5.69 Å². The molecule has 0 bridgehead atoms. The Morgan fingerprint density at radius 3 is 2.75 bits per heavy atom. The van der Waals surface area contributed by atoms with Crippen LogP contribution in [0.15, 0.2) is 28.7 Å². The van der Waals surface area contributed by atoms with Crippen LogP contribution in [0.2, 0.25) is 0 Å². The van der Waals surface area contributed by atoms with Crippen molar-refractivity contribution in [3.05, 3.63) is 28.7 Å². The molecule has 2 amide bonds. The zero-order valence-corrected chi connectivity index (χ0v) is 12.5. The Bertz CT molecular complexity index is 492. The number of amides is 2. The highest BCUT2D eigenvalue weighted by atomic mass is 79.9. The Kier molecular flexibility index (Phi) is 5.11. The summed E-state index contributed by atoms with van der Waals surface area (Å²) in [5, 5.41) is 5.90. The number of carbonyl (C=O) groups is 2. The summed E-state index contributed by atoms with van der Waals surface area (Å²) in [4.78, 5) is 25.1. The highest BCUT2D eigenvalue weighted by molar-refractivity contribution is 9.10. The van der Waals surface area contributed by atoms with Crippen LogP contribution in [0.1, 0.15) is 0 Å². The maximum Gasteiger partial charge on any atom is 0.238 e. The van der Waals surface area contributed by atoms with Gasteiger partial charge in [-0.1, -0.05) is 15.9 Å². The summed E-state index contributed by atoms with van der Waals surface area (Å²) in [6.45, 7) is 2.02. The molecule has 108 valence electrons. The maximum absolute atomic E-state index is 12.0. The van der Waals surface area contributed by atoms with E-state index >= 15 is 0 Å². The molecule has 1 unspecified atom stereocenters. The molecule has 4 N–H and O–H groups in total. The van der Waals surface area contributed by atoms with Gasteiger partial charge in [0.15, 0.2) is 0 Å². The van der Waals surface area contributed by atoms with Gasteiger partial charge in [-0.3, -0.25) is 14.5 Å². The fourth-order valence-electron chi connectivity index (χ4n) is 2.13. The molecule has 1 aromatic carbocycles. The Balaban J connectivity index is 1.92. The lowest BCUT2D eigenvalue weighted by Crippen LogP contribution is -2.58. The molecule has 1 aliphatic rings. The standard InChI is InChI=1S/C13H17BrN4O2/c14-9-1-3-10(4-2-9)17-12(19)8-18-6-5-16-7-11(18)13(15)20/h1-4,11,16H,5-8H2,(H2,15,20)(H,17,19). The molecular formula is C13H17BrN4O2. The third kappa shape index (κ3) is 4.03. The maximum atomic E-state index is 12.0. The highest BCUT2D eigenvalue weighted by Crippen LogP contribution is 2.14. The van der Waals surface area contributed by atoms with Crippen LogP contribution in [0.3, 0.4) is 0 Å². The number of benzene rings is 1. The summed E-state index contributed by atoms with van der Waals surface area (Å²) < 4.78 is 0.950. The van der Waals surface area contributed by atoms with Crippen molar-refractivity contribution >= 4 is 33.4 Å². The number of rotatable bonds is 4. The summed E-state index contributed by atoms with van der Waals surface area (Å²) in [5.41, 5.74) is 6.07. The lowest BCUT2D eigenvalue weighted by molar-refractivity contribution is -0.125. The molecular weight excluding hydrogens is 324 g/mol. The van der Waals surface area contributed by atoms with Gasteiger partial charge < -0.3 is 16.4 Å². The molecule has 1 heterocycles. The molecule has 2 rings (SSSR count). The van der Waals surface area contributed by atoms with Crippen molar-refractivity contribution < 1.29 is 9.59 Å². The Morgan fingerprint density at radius 2 is 2.10 bits per heavy atom. The molecule has 20 heavy (non-hydrogen) atoms. The van der Waals surface area contributed by atoms with Crippen LogP contribution < -0.4 is 16.4 Å². The Hall–Kier alpha value is -1.44. The first kappa shape index (κ1) is 15.0. The molecule has 1 atom stereocenters. The van der Waals surface area contributed by atoms with Gasteiger partial charge >= 0.3 is 0 Å². The van der Waals surface area contributed by atoms with Gasteiger partial charge in [-0.15, -0.1) is 0 Å². The number of nitrogens with one attached hydrogen (secondary N) is 2. The van der Waals surface area contributed by atoms with E-state index in [9.17, 15) is 9.59 Å². The van der Waals surface area contributed by atoms with E-state index in [0.717, 1.165) is 16.7 Å². The fraction of sp³-hybridized carbons (Fsp3) is 0.385. The van der Waals surface area contributed by atoms with E-state index in [-0.39, 0.29) is 12.5 Å². The fourth-order valence-corrected chi connectivity index (χ4v) is 2.40. The van der Waals surface area contributed by atoms with Gasteiger partial charge in [-0.05, 0) is 24.3 Å². The number of halogens is 1. The van der Waals surface area contributed by atoms with Gasteiger partial charge in [0, 0.05) is 29.8 Å².